The molecule has 0 aliphatic heterocycles. The smallest absolute Gasteiger partial charge is 0.406 e. The summed E-state index contributed by atoms with van der Waals surface area (Å²) in [7, 11) is 1.69. The standard InChI is InChI=1S/C17H15F3N4O3S/c1-23(9-12-8-15(26)24-6-7-28-16(24)22-12)10-14(25)21-11-2-4-13(5-3-11)27-17(18,19)20/h2-8H,9-10H2,1H3,(H,21,25). The van der Waals surface area contributed by atoms with Gasteiger partial charge in [-0.25, -0.2) is 4.98 Å². The molecule has 0 aliphatic carbocycles. The Bertz CT molecular complexity index is 1030. The van der Waals surface area contributed by atoms with Crippen molar-refractivity contribution in [3.05, 3.63) is 58.0 Å². The zero-order valence-electron chi connectivity index (χ0n) is 14.6. The van der Waals surface area contributed by atoms with Gasteiger partial charge >= 0.3 is 6.36 Å². The van der Waals surface area contributed by atoms with Gasteiger partial charge in [0.2, 0.25) is 5.91 Å². The van der Waals surface area contributed by atoms with Crippen molar-refractivity contribution in [3.63, 3.8) is 0 Å². The number of alkyl halides is 3. The average Bonchev–Trinajstić information content (AvgIpc) is 3.04. The Morgan fingerprint density at radius 2 is 2.04 bits per heavy atom. The van der Waals surface area contributed by atoms with E-state index in [-0.39, 0.29) is 30.3 Å². The number of benzene rings is 1. The summed E-state index contributed by atoms with van der Waals surface area (Å²) >= 11 is 1.34. The number of nitrogens with zero attached hydrogens (tertiary/aromatic N) is 3. The Morgan fingerprint density at radius 1 is 1.32 bits per heavy atom. The molecule has 7 nitrogen and oxygen atoms in total. The molecule has 0 aliphatic rings. The van der Waals surface area contributed by atoms with Gasteiger partial charge in [-0.2, -0.15) is 0 Å². The van der Waals surface area contributed by atoms with Crippen LogP contribution in [0.1, 0.15) is 5.69 Å². The molecule has 3 aromatic rings. The van der Waals surface area contributed by atoms with Crippen molar-refractivity contribution in [2.75, 3.05) is 18.9 Å². The highest BCUT2D eigenvalue weighted by molar-refractivity contribution is 7.15. The van der Waals surface area contributed by atoms with Crippen LogP contribution in [0.5, 0.6) is 5.75 Å². The largest absolute Gasteiger partial charge is 0.573 e. The molecule has 0 bridgehead atoms. The molecule has 28 heavy (non-hydrogen) atoms. The van der Waals surface area contributed by atoms with Gasteiger partial charge in [0.1, 0.15) is 5.75 Å². The molecule has 0 radical (unpaired) electrons. The fourth-order valence-electron chi connectivity index (χ4n) is 2.49. The summed E-state index contributed by atoms with van der Waals surface area (Å²) in [5.41, 5.74) is 0.681. The molecule has 0 atom stereocenters. The summed E-state index contributed by atoms with van der Waals surface area (Å²) in [6.45, 7) is 0.293. The van der Waals surface area contributed by atoms with Crippen molar-refractivity contribution >= 4 is 27.9 Å². The summed E-state index contributed by atoms with van der Waals surface area (Å²) in [5, 5.41) is 4.34. The molecule has 2 heterocycles. The van der Waals surface area contributed by atoms with Crippen molar-refractivity contribution in [2.24, 2.45) is 0 Å². The molecule has 2 aromatic heterocycles. The first kappa shape index (κ1) is 19.8. The number of likely N-dealkylation sites (N-methyl/N-ethyl adjacent to an activating group) is 1. The maximum atomic E-state index is 12.1. The monoisotopic (exact) mass is 412 g/mol. The molecule has 1 aromatic carbocycles. The quantitative estimate of drug-likeness (QED) is 0.674. The molecule has 0 saturated carbocycles. The van der Waals surface area contributed by atoms with Gasteiger partial charge in [-0.05, 0) is 31.3 Å². The lowest BCUT2D eigenvalue weighted by molar-refractivity contribution is -0.274. The van der Waals surface area contributed by atoms with E-state index in [1.54, 1.807) is 23.5 Å². The first-order valence-electron chi connectivity index (χ1n) is 7.99. The minimum Gasteiger partial charge on any atom is -0.406 e. The summed E-state index contributed by atoms with van der Waals surface area (Å²) in [6.07, 6.45) is -3.13. The highest BCUT2D eigenvalue weighted by Gasteiger charge is 2.30. The van der Waals surface area contributed by atoms with E-state index < -0.39 is 6.36 Å². The normalized spacial score (nSPS) is 11.8. The van der Waals surface area contributed by atoms with Crippen LogP contribution in [0.25, 0.3) is 4.96 Å². The third-order valence-corrected chi connectivity index (χ3v) is 4.33. The summed E-state index contributed by atoms with van der Waals surface area (Å²) in [6, 6.07) is 6.26. The Balaban J connectivity index is 1.55. The lowest BCUT2D eigenvalue weighted by Gasteiger charge is -2.16. The molecule has 0 unspecified atom stereocenters. The molecule has 0 saturated heterocycles. The predicted octanol–water partition coefficient (Wildman–Crippen LogP) is 2.73. The van der Waals surface area contributed by atoms with Crippen LogP contribution in [0, 0.1) is 0 Å². The first-order chi connectivity index (χ1) is 13.2. The van der Waals surface area contributed by atoms with Gasteiger partial charge in [-0.3, -0.25) is 18.9 Å². The van der Waals surface area contributed by atoms with Crippen molar-refractivity contribution in [3.8, 4) is 5.75 Å². The van der Waals surface area contributed by atoms with Gasteiger partial charge < -0.3 is 10.1 Å². The Labute approximate surface area is 161 Å². The highest BCUT2D eigenvalue weighted by atomic mass is 32.1. The van der Waals surface area contributed by atoms with E-state index in [4.69, 9.17) is 0 Å². The van der Waals surface area contributed by atoms with Crippen LogP contribution < -0.4 is 15.6 Å². The van der Waals surface area contributed by atoms with Gasteiger partial charge in [-0.15, -0.1) is 24.5 Å². The van der Waals surface area contributed by atoms with E-state index in [9.17, 15) is 22.8 Å². The van der Waals surface area contributed by atoms with Crippen molar-refractivity contribution in [1.29, 1.82) is 0 Å². The summed E-state index contributed by atoms with van der Waals surface area (Å²) < 4.78 is 41.6. The fraction of sp³-hybridized carbons (Fsp3) is 0.235. The van der Waals surface area contributed by atoms with Gasteiger partial charge in [-0.1, -0.05) is 0 Å². The highest BCUT2D eigenvalue weighted by Crippen LogP contribution is 2.23. The molecule has 1 amide bonds. The number of ether oxygens (including phenoxy) is 1. The third-order valence-electron chi connectivity index (χ3n) is 3.57. The minimum absolute atomic E-state index is 0.00624. The molecular weight excluding hydrogens is 397 g/mol. The number of aromatic nitrogens is 2. The third kappa shape index (κ3) is 5.30. The topological polar surface area (TPSA) is 75.9 Å². The Kier molecular flexibility index (Phi) is 5.66. The second kappa shape index (κ2) is 7.98. The fourth-order valence-corrected chi connectivity index (χ4v) is 3.23. The molecule has 1 N–H and O–H groups in total. The van der Waals surface area contributed by atoms with Crippen LogP contribution in [-0.4, -0.2) is 40.1 Å². The van der Waals surface area contributed by atoms with Gasteiger partial charge in [0.25, 0.3) is 5.56 Å². The average molecular weight is 412 g/mol. The molecule has 11 heteroatoms. The Hall–Kier alpha value is -2.92. The van der Waals surface area contributed by atoms with E-state index in [1.807, 2.05) is 0 Å². The van der Waals surface area contributed by atoms with Crippen LogP contribution in [0.15, 0.2) is 46.7 Å². The van der Waals surface area contributed by atoms with Crippen LogP contribution in [0.3, 0.4) is 0 Å². The number of halogens is 3. The van der Waals surface area contributed by atoms with Crippen LogP contribution in [0.2, 0.25) is 0 Å². The number of anilines is 1. The lowest BCUT2D eigenvalue weighted by atomic mass is 10.3. The van der Waals surface area contributed by atoms with E-state index >= 15 is 0 Å². The SMILES string of the molecule is CN(CC(=O)Nc1ccc(OC(F)(F)F)cc1)Cc1cc(=O)n2ccsc2n1. The number of carbonyl (C=O) groups is 1. The molecule has 0 spiro atoms. The number of thiazole rings is 1. The van der Waals surface area contributed by atoms with Crippen LogP contribution >= 0.6 is 11.3 Å². The van der Waals surface area contributed by atoms with Gasteiger partial charge in [0.15, 0.2) is 4.96 Å². The second-order valence-corrected chi connectivity index (χ2v) is 6.81. The zero-order valence-corrected chi connectivity index (χ0v) is 15.4. The second-order valence-electron chi connectivity index (χ2n) is 5.93. The van der Waals surface area contributed by atoms with E-state index in [1.165, 1.54) is 33.9 Å². The molecule has 3 rings (SSSR count). The van der Waals surface area contributed by atoms with Crippen LogP contribution in [-0.2, 0) is 11.3 Å². The van der Waals surface area contributed by atoms with Crippen molar-refractivity contribution in [1.82, 2.24) is 14.3 Å². The van der Waals surface area contributed by atoms with E-state index in [0.717, 1.165) is 12.1 Å². The Morgan fingerprint density at radius 3 is 2.71 bits per heavy atom. The maximum absolute atomic E-state index is 12.1. The van der Waals surface area contributed by atoms with Crippen molar-refractivity contribution in [2.45, 2.75) is 12.9 Å². The lowest BCUT2D eigenvalue weighted by Crippen LogP contribution is -2.30. The number of hydrogen-bond acceptors (Lipinski definition) is 6. The van der Waals surface area contributed by atoms with E-state index in [2.05, 4.69) is 15.0 Å². The predicted molar refractivity (Wildman–Crippen MR) is 97.4 cm³/mol. The van der Waals surface area contributed by atoms with Crippen LogP contribution in [0.4, 0.5) is 18.9 Å². The number of nitrogens with one attached hydrogen (secondary N) is 1. The van der Waals surface area contributed by atoms with Gasteiger partial charge in [0, 0.05) is 29.9 Å². The number of carbonyl (C=O) groups excluding carboxylic acids is 1. The van der Waals surface area contributed by atoms with Gasteiger partial charge in [0.05, 0.1) is 12.2 Å². The molecular formula is C17H15F3N4O3S. The minimum atomic E-state index is -4.77. The molecule has 148 valence electrons. The number of fused-ring (bicyclic) bond motifs is 1. The van der Waals surface area contributed by atoms with Crippen molar-refractivity contribution < 1.29 is 22.7 Å². The first-order valence-corrected chi connectivity index (χ1v) is 8.87. The summed E-state index contributed by atoms with van der Waals surface area (Å²) in [4.78, 5) is 30.7. The number of rotatable bonds is 6. The number of amides is 1. The van der Waals surface area contributed by atoms with E-state index in [0.29, 0.717) is 16.3 Å². The zero-order chi connectivity index (χ0) is 20.3. The summed E-state index contributed by atoms with van der Waals surface area (Å²) in [5.74, 6) is -0.732. The molecule has 0 fully saturated rings. The number of hydrogen-bond donors (Lipinski definition) is 1. The maximum Gasteiger partial charge on any atom is 0.573 e.